The van der Waals surface area contributed by atoms with E-state index in [9.17, 15) is 4.79 Å². The van der Waals surface area contributed by atoms with Crippen LogP contribution in [0.5, 0.6) is 0 Å². The second-order valence-corrected chi connectivity index (χ2v) is 7.19. The van der Waals surface area contributed by atoms with E-state index in [2.05, 4.69) is 41.4 Å². The number of nitrogens with one attached hydrogen (secondary N) is 1. The largest absolute Gasteiger partial charge is 0.353 e. The molecule has 1 aliphatic carbocycles. The van der Waals surface area contributed by atoms with Gasteiger partial charge in [-0.25, -0.2) is 0 Å². The molecule has 126 valence electrons. The summed E-state index contributed by atoms with van der Waals surface area (Å²) in [7, 11) is 0. The molecule has 1 aliphatic heterocycles. The number of piperidine rings is 1. The third-order valence-corrected chi connectivity index (χ3v) is 5.50. The van der Waals surface area contributed by atoms with Crippen molar-refractivity contribution in [1.29, 1.82) is 0 Å². The number of amides is 1. The van der Waals surface area contributed by atoms with Crippen LogP contribution >= 0.6 is 0 Å². The summed E-state index contributed by atoms with van der Waals surface area (Å²) >= 11 is 0. The maximum absolute atomic E-state index is 12.3. The molecular formula is C19H29N3O. The highest BCUT2D eigenvalue weighted by atomic mass is 16.2. The summed E-state index contributed by atoms with van der Waals surface area (Å²) < 4.78 is 0. The minimum Gasteiger partial charge on any atom is -0.353 e. The van der Waals surface area contributed by atoms with Gasteiger partial charge in [-0.15, -0.1) is 0 Å². The zero-order valence-electron chi connectivity index (χ0n) is 14.1. The van der Waals surface area contributed by atoms with E-state index in [4.69, 9.17) is 5.73 Å². The highest BCUT2D eigenvalue weighted by Gasteiger charge is 2.32. The summed E-state index contributed by atoms with van der Waals surface area (Å²) in [4.78, 5) is 14.8. The molecule has 1 aromatic carbocycles. The van der Waals surface area contributed by atoms with E-state index in [1.807, 2.05) is 0 Å². The molecule has 0 bridgehead atoms. The van der Waals surface area contributed by atoms with Gasteiger partial charge in [0.05, 0.1) is 5.92 Å². The molecule has 0 unspecified atom stereocenters. The molecule has 1 aromatic rings. The molecule has 0 spiro atoms. The number of benzene rings is 1. The lowest BCUT2D eigenvalue weighted by molar-refractivity contribution is -0.126. The van der Waals surface area contributed by atoms with Crippen LogP contribution in [0.15, 0.2) is 24.3 Å². The molecule has 2 atom stereocenters. The molecule has 0 aromatic heterocycles. The normalized spacial score (nSPS) is 26.3. The number of rotatable bonds is 4. The standard InChI is InChI=1S/C19H29N3O/c1-14-5-2-3-6-15(14)13-22-11-9-16(10-12-22)21-19(23)17-7-4-8-18(17)20/h2-3,5-6,16-18H,4,7-13,20H2,1H3,(H,21,23)/t17-,18-/m1/s1. The average Bonchev–Trinajstić information content (AvgIpc) is 2.98. The molecule has 3 N–H and O–H groups in total. The molecule has 3 rings (SSSR count). The van der Waals surface area contributed by atoms with Crippen LogP contribution in [0.3, 0.4) is 0 Å². The summed E-state index contributed by atoms with van der Waals surface area (Å²) in [5.41, 5.74) is 8.81. The topological polar surface area (TPSA) is 58.4 Å². The van der Waals surface area contributed by atoms with Crippen LogP contribution in [0.4, 0.5) is 0 Å². The van der Waals surface area contributed by atoms with Crippen molar-refractivity contribution in [3.05, 3.63) is 35.4 Å². The molecular weight excluding hydrogens is 286 g/mol. The van der Waals surface area contributed by atoms with Crippen LogP contribution in [-0.2, 0) is 11.3 Å². The molecule has 2 aliphatic rings. The molecule has 1 saturated heterocycles. The van der Waals surface area contributed by atoms with Crippen molar-refractivity contribution >= 4 is 5.91 Å². The summed E-state index contributed by atoms with van der Waals surface area (Å²) in [5.74, 6) is 0.229. The van der Waals surface area contributed by atoms with Crippen molar-refractivity contribution in [2.75, 3.05) is 13.1 Å². The molecule has 0 radical (unpaired) electrons. The van der Waals surface area contributed by atoms with Crippen molar-refractivity contribution in [3.8, 4) is 0 Å². The highest BCUT2D eigenvalue weighted by molar-refractivity contribution is 5.80. The molecule has 1 saturated carbocycles. The molecule has 1 heterocycles. The summed E-state index contributed by atoms with van der Waals surface area (Å²) in [6, 6.07) is 8.98. The predicted molar refractivity (Wildman–Crippen MR) is 92.9 cm³/mol. The molecule has 1 amide bonds. The fourth-order valence-electron chi connectivity index (χ4n) is 3.89. The average molecular weight is 315 g/mol. The van der Waals surface area contributed by atoms with Gasteiger partial charge in [0, 0.05) is 31.7 Å². The summed E-state index contributed by atoms with van der Waals surface area (Å²) in [6.45, 7) is 5.29. The zero-order valence-corrected chi connectivity index (χ0v) is 14.1. The lowest BCUT2D eigenvalue weighted by Gasteiger charge is -2.33. The quantitative estimate of drug-likeness (QED) is 0.895. The van der Waals surface area contributed by atoms with E-state index < -0.39 is 0 Å². The first kappa shape index (κ1) is 16.5. The Balaban J connectivity index is 1.45. The Kier molecular flexibility index (Phi) is 5.34. The number of carbonyl (C=O) groups is 1. The smallest absolute Gasteiger partial charge is 0.224 e. The van der Waals surface area contributed by atoms with Crippen LogP contribution in [0, 0.1) is 12.8 Å². The minimum absolute atomic E-state index is 0.0417. The Bertz CT molecular complexity index is 537. The van der Waals surface area contributed by atoms with E-state index in [1.165, 1.54) is 11.1 Å². The first-order chi connectivity index (χ1) is 11.1. The van der Waals surface area contributed by atoms with Gasteiger partial charge in [-0.3, -0.25) is 9.69 Å². The van der Waals surface area contributed by atoms with Crippen molar-refractivity contribution in [1.82, 2.24) is 10.2 Å². The van der Waals surface area contributed by atoms with E-state index in [0.717, 1.165) is 51.7 Å². The van der Waals surface area contributed by atoms with Gasteiger partial charge in [0.1, 0.15) is 0 Å². The molecule has 4 nitrogen and oxygen atoms in total. The fourth-order valence-corrected chi connectivity index (χ4v) is 3.89. The molecule has 2 fully saturated rings. The van der Waals surface area contributed by atoms with E-state index in [0.29, 0.717) is 6.04 Å². The fraction of sp³-hybridized carbons (Fsp3) is 0.632. The van der Waals surface area contributed by atoms with Gasteiger partial charge in [0.2, 0.25) is 5.91 Å². The predicted octanol–water partition coefficient (Wildman–Crippen LogP) is 2.20. The summed E-state index contributed by atoms with van der Waals surface area (Å²) in [5, 5.41) is 3.24. The maximum atomic E-state index is 12.3. The van der Waals surface area contributed by atoms with E-state index >= 15 is 0 Å². The van der Waals surface area contributed by atoms with Gasteiger partial charge in [-0.05, 0) is 43.7 Å². The third-order valence-electron chi connectivity index (χ3n) is 5.50. The molecule has 23 heavy (non-hydrogen) atoms. The van der Waals surface area contributed by atoms with Crippen LogP contribution in [0.25, 0.3) is 0 Å². The second kappa shape index (κ2) is 7.45. The van der Waals surface area contributed by atoms with Crippen molar-refractivity contribution < 1.29 is 4.79 Å². The van der Waals surface area contributed by atoms with Gasteiger partial charge in [0.15, 0.2) is 0 Å². The Morgan fingerprint density at radius 3 is 2.61 bits per heavy atom. The third kappa shape index (κ3) is 4.12. The van der Waals surface area contributed by atoms with Crippen molar-refractivity contribution in [2.24, 2.45) is 11.7 Å². The number of carbonyl (C=O) groups excluding carboxylic acids is 1. The highest BCUT2D eigenvalue weighted by Crippen LogP contribution is 2.25. The first-order valence-corrected chi connectivity index (χ1v) is 8.96. The van der Waals surface area contributed by atoms with Gasteiger partial charge >= 0.3 is 0 Å². The zero-order chi connectivity index (χ0) is 16.2. The minimum atomic E-state index is 0.0417. The number of nitrogens with two attached hydrogens (primary N) is 1. The lowest BCUT2D eigenvalue weighted by Crippen LogP contribution is -2.48. The van der Waals surface area contributed by atoms with Gasteiger partial charge in [-0.2, -0.15) is 0 Å². The van der Waals surface area contributed by atoms with Crippen molar-refractivity contribution in [2.45, 2.75) is 57.7 Å². The number of nitrogens with zero attached hydrogens (tertiary/aromatic N) is 1. The van der Waals surface area contributed by atoms with Crippen LogP contribution < -0.4 is 11.1 Å². The number of hydrogen-bond donors (Lipinski definition) is 2. The second-order valence-electron chi connectivity index (χ2n) is 7.19. The monoisotopic (exact) mass is 315 g/mol. The van der Waals surface area contributed by atoms with Crippen LogP contribution in [-0.4, -0.2) is 36.0 Å². The number of hydrogen-bond acceptors (Lipinski definition) is 3. The first-order valence-electron chi connectivity index (χ1n) is 8.96. The SMILES string of the molecule is Cc1ccccc1CN1CCC(NC(=O)[C@@H]2CCC[C@H]2N)CC1. The Morgan fingerprint density at radius 2 is 1.96 bits per heavy atom. The van der Waals surface area contributed by atoms with E-state index in [1.54, 1.807) is 0 Å². The van der Waals surface area contributed by atoms with E-state index in [-0.39, 0.29) is 17.9 Å². The Labute approximate surface area is 139 Å². The number of aryl methyl sites for hydroxylation is 1. The maximum Gasteiger partial charge on any atom is 0.224 e. The van der Waals surface area contributed by atoms with Gasteiger partial charge < -0.3 is 11.1 Å². The number of likely N-dealkylation sites (tertiary alicyclic amines) is 1. The van der Waals surface area contributed by atoms with Crippen molar-refractivity contribution in [3.63, 3.8) is 0 Å². The summed E-state index contributed by atoms with van der Waals surface area (Å²) in [6.07, 6.45) is 5.12. The van der Waals surface area contributed by atoms with Crippen LogP contribution in [0.1, 0.15) is 43.2 Å². The van der Waals surface area contributed by atoms with Crippen LogP contribution in [0.2, 0.25) is 0 Å². The molecule has 4 heteroatoms. The Morgan fingerprint density at radius 1 is 1.22 bits per heavy atom. The lowest BCUT2D eigenvalue weighted by atomic mass is 9.99. The van der Waals surface area contributed by atoms with Gasteiger partial charge in [-0.1, -0.05) is 30.7 Å². The Hall–Kier alpha value is -1.39. The van der Waals surface area contributed by atoms with Gasteiger partial charge in [0.25, 0.3) is 0 Å².